The summed E-state index contributed by atoms with van der Waals surface area (Å²) in [6.07, 6.45) is 0.00287. The highest BCUT2D eigenvalue weighted by Gasteiger charge is 2.34. The first-order valence-corrected chi connectivity index (χ1v) is 9.62. The van der Waals surface area contributed by atoms with Crippen molar-refractivity contribution in [2.45, 2.75) is 17.4 Å². The molecule has 0 radical (unpaired) electrons. The second-order valence-electron chi connectivity index (χ2n) is 6.02. The molecule has 1 heterocycles. The molecule has 1 aliphatic rings. The summed E-state index contributed by atoms with van der Waals surface area (Å²) in [6, 6.07) is 9.29. The van der Waals surface area contributed by atoms with Crippen molar-refractivity contribution in [3.8, 4) is 11.5 Å². The third-order valence-electron chi connectivity index (χ3n) is 4.25. The van der Waals surface area contributed by atoms with Gasteiger partial charge in [0, 0.05) is 30.8 Å². The molecule has 7 nitrogen and oxygen atoms in total. The number of sulfonamides is 1. The minimum absolute atomic E-state index is 0.00287. The lowest BCUT2D eigenvalue weighted by Crippen LogP contribution is -2.37. The van der Waals surface area contributed by atoms with Crippen LogP contribution in [-0.2, 0) is 14.8 Å². The smallest absolute Gasteiger partial charge is 0.244 e. The van der Waals surface area contributed by atoms with E-state index in [0.717, 1.165) is 0 Å². The molecule has 9 heteroatoms. The molecule has 0 aliphatic carbocycles. The molecular formula is C18H19FN2O5S. The third-order valence-corrected chi connectivity index (χ3v) is 5.79. The summed E-state index contributed by atoms with van der Waals surface area (Å²) in [7, 11) is -1.15. The molecule has 1 N–H and O–H groups in total. The van der Waals surface area contributed by atoms with Gasteiger partial charge in [-0.3, -0.25) is 4.79 Å². The van der Waals surface area contributed by atoms with Crippen LogP contribution >= 0.6 is 0 Å². The minimum atomic E-state index is -3.95. The summed E-state index contributed by atoms with van der Waals surface area (Å²) in [5, 5.41) is 0. The van der Waals surface area contributed by atoms with Gasteiger partial charge < -0.3 is 14.4 Å². The van der Waals surface area contributed by atoms with E-state index < -0.39 is 21.9 Å². The van der Waals surface area contributed by atoms with Gasteiger partial charge in [0.25, 0.3) is 0 Å². The lowest BCUT2D eigenvalue weighted by molar-refractivity contribution is -0.117. The van der Waals surface area contributed by atoms with Gasteiger partial charge >= 0.3 is 0 Å². The number of hydrogen-bond donors (Lipinski definition) is 1. The fourth-order valence-electron chi connectivity index (χ4n) is 2.93. The van der Waals surface area contributed by atoms with E-state index >= 15 is 0 Å². The van der Waals surface area contributed by atoms with E-state index in [1.54, 1.807) is 6.07 Å². The summed E-state index contributed by atoms with van der Waals surface area (Å²) in [6.45, 7) is 0.149. The molecule has 2 aromatic carbocycles. The van der Waals surface area contributed by atoms with Crippen LogP contribution in [0.1, 0.15) is 6.42 Å². The third kappa shape index (κ3) is 4.04. The standard InChI is InChI=1S/C18H19FN2O5S/c1-25-15-7-8-16(26-2)17(10-15)27(23,24)20-13-9-18(22)21(11-13)14-5-3-12(19)4-6-14/h3-8,10,13,20H,9,11H2,1-2H3. The van der Waals surface area contributed by atoms with Crippen LogP contribution in [0.2, 0.25) is 0 Å². The molecular weight excluding hydrogens is 375 g/mol. The van der Waals surface area contributed by atoms with E-state index in [9.17, 15) is 17.6 Å². The average Bonchev–Trinajstić information content (AvgIpc) is 3.01. The monoisotopic (exact) mass is 394 g/mol. The van der Waals surface area contributed by atoms with Gasteiger partial charge in [0.05, 0.1) is 14.2 Å². The number of carbonyl (C=O) groups excluding carboxylic acids is 1. The number of ether oxygens (including phenoxy) is 2. The molecule has 27 heavy (non-hydrogen) atoms. The van der Waals surface area contributed by atoms with Gasteiger partial charge in [0.15, 0.2) is 0 Å². The predicted octanol–water partition coefficient (Wildman–Crippen LogP) is 1.93. The molecule has 1 amide bonds. The quantitative estimate of drug-likeness (QED) is 0.809. The number of rotatable bonds is 6. The molecule has 0 spiro atoms. The summed E-state index contributed by atoms with van der Waals surface area (Å²) in [5.41, 5.74) is 0.516. The highest BCUT2D eigenvalue weighted by molar-refractivity contribution is 7.89. The van der Waals surface area contributed by atoms with Crippen LogP contribution in [0.4, 0.5) is 10.1 Å². The van der Waals surface area contributed by atoms with Crippen LogP contribution in [0.3, 0.4) is 0 Å². The first kappa shape index (κ1) is 19.1. The van der Waals surface area contributed by atoms with E-state index in [1.165, 1.54) is 55.5 Å². The molecule has 0 saturated carbocycles. The summed E-state index contributed by atoms with van der Waals surface area (Å²) in [4.78, 5) is 13.6. The molecule has 1 saturated heterocycles. The number of anilines is 1. The number of nitrogens with zero attached hydrogens (tertiary/aromatic N) is 1. The highest BCUT2D eigenvalue weighted by Crippen LogP contribution is 2.29. The van der Waals surface area contributed by atoms with Gasteiger partial charge in [0.1, 0.15) is 22.2 Å². The van der Waals surface area contributed by atoms with Crippen molar-refractivity contribution in [1.82, 2.24) is 4.72 Å². The Balaban J connectivity index is 1.81. The zero-order valence-corrected chi connectivity index (χ0v) is 15.6. The lowest BCUT2D eigenvalue weighted by Gasteiger charge is -2.18. The molecule has 0 aromatic heterocycles. The van der Waals surface area contributed by atoms with Gasteiger partial charge in [0.2, 0.25) is 15.9 Å². The van der Waals surface area contributed by atoms with Crippen molar-refractivity contribution in [3.05, 3.63) is 48.3 Å². The van der Waals surface area contributed by atoms with Crippen molar-refractivity contribution in [2.24, 2.45) is 0 Å². The zero-order valence-electron chi connectivity index (χ0n) is 14.8. The number of methoxy groups -OCH3 is 2. The largest absolute Gasteiger partial charge is 0.497 e. The molecule has 2 aromatic rings. The average molecular weight is 394 g/mol. The van der Waals surface area contributed by atoms with E-state index in [2.05, 4.69) is 4.72 Å². The molecule has 0 bridgehead atoms. The maximum absolute atomic E-state index is 13.1. The zero-order chi connectivity index (χ0) is 19.6. The summed E-state index contributed by atoms with van der Waals surface area (Å²) in [5.74, 6) is -0.116. The Hall–Kier alpha value is -2.65. The fraction of sp³-hybridized carbons (Fsp3) is 0.278. The SMILES string of the molecule is COc1ccc(OC)c(S(=O)(=O)NC2CC(=O)N(c3ccc(F)cc3)C2)c1. The second kappa shape index (κ2) is 7.53. The van der Waals surface area contributed by atoms with E-state index in [4.69, 9.17) is 9.47 Å². The molecule has 144 valence electrons. The number of nitrogens with one attached hydrogen (secondary N) is 1. The topological polar surface area (TPSA) is 84.9 Å². The van der Waals surface area contributed by atoms with Crippen LogP contribution < -0.4 is 19.1 Å². The van der Waals surface area contributed by atoms with Crippen LogP contribution in [-0.4, -0.2) is 41.1 Å². The second-order valence-corrected chi connectivity index (χ2v) is 7.70. The van der Waals surface area contributed by atoms with Crippen molar-refractivity contribution in [2.75, 3.05) is 25.7 Å². The first-order chi connectivity index (χ1) is 12.8. The molecule has 1 atom stereocenters. The van der Waals surface area contributed by atoms with Gasteiger partial charge in [-0.25, -0.2) is 17.5 Å². The van der Waals surface area contributed by atoms with Crippen molar-refractivity contribution < 1.29 is 27.1 Å². The molecule has 3 rings (SSSR count). The van der Waals surface area contributed by atoms with Crippen LogP contribution in [0.5, 0.6) is 11.5 Å². The molecule has 1 unspecified atom stereocenters. The van der Waals surface area contributed by atoms with Crippen LogP contribution in [0, 0.1) is 5.82 Å². The Morgan fingerprint density at radius 3 is 2.44 bits per heavy atom. The predicted molar refractivity (Wildman–Crippen MR) is 97.0 cm³/mol. The van der Waals surface area contributed by atoms with Gasteiger partial charge in [-0.05, 0) is 36.4 Å². The summed E-state index contributed by atoms with van der Waals surface area (Å²) >= 11 is 0. The Morgan fingerprint density at radius 1 is 1.11 bits per heavy atom. The maximum Gasteiger partial charge on any atom is 0.244 e. The number of carbonyl (C=O) groups is 1. The number of amides is 1. The van der Waals surface area contributed by atoms with Gasteiger partial charge in [-0.1, -0.05) is 0 Å². The Morgan fingerprint density at radius 2 is 1.81 bits per heavy atom. The van der Waals surface area contributed by atoms with Crippen LogP contribution in [0.25, 0.3) is 0 Å². The number of halogens is 1. The molecule has 1 fully saturated rings. The van der Waals surface area contributed by atoms with E-state index in [1.807, 2.05) is 0 Å². The van der Waals surface area contributed by atoms with Gasteiger partial charge in [-0.15, -0.1) is 0 Å². The summed E-state index contributed by atoms with van der Waals surface area (Å²) < 4.78 is 51.4. The van der Waals surface area contributed by atoms with Crippen molar-refractivity contribution >= 4 is 21.6 Å². The first-order valence-electron chi connectivity index (χ1n) is 8.14. The fourth-order valence-corrected chi connectivity index (χ4v) is 4.35. The van der Waals surface area contributed by atoms with Crippen molar-refractivity contribution in [3.63, 3.8) is 0 Å². The van der Waals surface area contributed by atoms with Crippen LogP contribution in [0.15, 0.2) is 47.4 Å². The van der Waals surface area contributed by atoms with Gasteiger partial charge in [-0.2, -0.15) is 0 Å². The highest BCUT2D eigenvalue weighted by atomic mass is 32.2. The number of benzene rings is 2. The van der Waals surface area contributed by atoms with Crippen molar-refractivity contribution in [1.29, 1.82) is 0 Å². The lowest BCUT2D eigenvalue weighted by atomic mass is 10.3. The van der Waals surface area contributed by atoms with E-state index in [0.29, 0.717) is 11.4 Å². The van der Waals surface area contributed by atoms with E-state index in [-0.39, 0.29) is 29.5 Å². The Kier molecular flexibility index (Phi) is 5.33. The molecule has 1 aliphatic heterocycles. The number of hydrogen-bond acceptors (Lipinski definition) is 5. The maximum atomic E-state index is 13.1. The Bertz CT molecular complexity index is 947. The minimum Gasteiger partial charge on any atom is -0.497 e. The normalized spacial score (nSPS) is 17.2. The Labute approximate surface area is 156 Å².